The van der Waals surface area contributed by atoms with Gasteiger partial charge in [0.2, 0.25) is 11.8 Å². The van der Waals surface area contributed by atoms with Crippen molar-refractivity contribution in [3.8, 4) is 0 Å². The maximum absolute atomic E-state index is 13.3. The van der Waals surface area contributed by atoms with Crippen LogP contribution in [0.1, 0.15) is 78.7 Å². The SMILES string of the molecule is CC(C)C[C@@H](NC(=O)[C@H]1CCCCN1C(=O)OC(C)(C)C)C(=O)NC1(c2ccc[n+]([O-])c2)CC1. The van der Waals surface area contributed by atoms with Crippen molar-refractivity contribution in [3.63, 3.8) is 0 Å². The standard InChI is InChI=1S/C25H38N4O5/c1-17(2)15-19(21(30)27-25(11-12-25)18-9-8-13-28(33)16-18)26-22(31)20-10-6-7-14-29(20)23(32)34-24(3,4)5/h8-9,13,16-17,19-20H,6-7,10-12,14-15H2,1-5H3,(H,26,31)(H,27,30)/t19-,20-/m1/s1. The molecule has 0 aromatic carbocycles. The fraction of sp³-hybridized carbons (Fsp3) is 0.680. The topological polar surface area (TPSA) is 115 Å². The van der Waals surface area contributed by atoms with Gasteiger partial charge in [-0.1, -0.05) is 13.8 Å². The third-order valence-electron chi connectivity index (χ3n) is 6.21. The van der Waals surface area contributed by atoms with Crippen molar-refractivity contribution in [1.82, 2.24) is 15.5 Å². The van der Waals surface area contributed by atoms with Crippen LogP contribution in [0.3, 0.4) is 0 Å². The highest BCUT2D eigenvalue weighted by Gasteiger charge is 2.48. The molecule has 1 saturated heterocycles. The molecule has 0 spiro atoms. The Kier molecular flexibility index (Phi) is 7.73. The second-order valence-corrected chi connectivity index (χ2v) is 10.9. The number of hydrogen-bond acceptors (Lipinski definition) is 5. The first kappa shape index (κ1) is 25.8. The third kappa shape index (κ3) is 6.61. The summed E-state index contributed by atoms with van der Waals surface area (Å²) in [5, 5.41) is 17.7. The Morgan fingerprint density at radius 3 is 2.56 bits per heavy atom. The molecule has 9 heteroatoms. The maximum atomic E-state index is 13.3. The van der Waals surface area contributed by atoms with E-state index in [1.807, 2.05) is 19.9 Å². The van der Waals surface area contributed by atoms with Crippen LogP contribution < -0.4 is 15.4 Å². The number of piperidine rings is 1. The first-order chi connectivity index (χ1) is 15.9. The lowest BCUT2D eigenvalue weighted by molar-refractivity contribution is -0.606. The van der Waals surface area contributed by atoms with Gasteiger partial charge < -0.3 is 20.6 Å². The fourth-order valence-corrected chi connectivity index (χ4v) is 4.39. The molecule has 2 N–H and O–H groups in total. The Bertz CT molecular complexity index is 907. The Morgan fingerprint density at radius 1 is 1.26 bits per heavy atom. The zero-order valence-corrected chi connectivity index (χ0v) is 20.9. The van der Waals surface area contributed by atoms with Crippen LogP contribution in [-0.4, -0.2) is 47.0 Å². The number of amides is 3. The summed E-state index contributed by atoms with van der Waals surface area (Å²) in [6.07, 6.45) is 6.46. The summed E-state index contributed by atoms with van der Waals surface area (Å²) < 4.78 is 6.23. The van der Waals surface area contributed by atoms with Gasteiger partial charge in [-0.25, -0.2) is 4.79 Å². The van der Waals surface area contributed by atoms with Crippen LogP contribution in [0.4, 0.5) is 4.79 Å². The van der Waals surface area contributed by atoms with Crippen LogP contribution >= 0.6 is 0 Å². The van der Waals surface area contributed by atoms with Crippen LogP contribution in [0.5, 0.6) is 0 Å². The monoisotopic (exact) mass is 474 g/mol. The maximum Gasteiger partial charge on any atom is 0.410 e. The van der Waals surface area contributed by atoms with E-state index in [1.54, 1.807) is 26.8 Å². The van der Waals surface area contributed by atoms with Gasteiger partial charge in [-0.05, 0) is 71.3 Å². The normalized spacial score (nSPS) is 20.4. The summed E-state index contributed by atoms with van der Waals surface area (Å²) in [5.41, 5.74) is -0.470. The Morgan fingerprint density at radius 2 is 1.97 bits per heavy atom. The number of nitrogens with zero attached hydrogens (tertiary/aromatic N) is 2. The number of ether oxygens (including phenoxy) is 1. The van der Waals surface area contributed by atoms with Crippen molar-refractivity contribution in [2.75, 3.05) is 6.54 Å². The minimum atomic E-state index is -0.740. The van der Waals surface area contributed by atoms with Crippen LogP contribution in [0.15, 0.2) is 24.5 Å². The van der Waals surface area contributed by atoms with E-state index in [9.17, 15) is 19.6 Å². The number of rotatable bonds is 7. The molecule has 2 atom stereocenters. The second-order valence-electron chi connectivity index (χ2n) is 10.9. The van der Waals surface area contributed by atoms with Gasteiger partial charge in [0.15, 0.2) is 12.4 Å². The highest BCUT2D eigenvalue weighted by atomic mass is 16.6. The number of likely N-dealkylation sites (tertiary alicyclic amines) is 1. The van der Waals surface area contributed by atoms with E-state index < -0.39 is 29.3 Å². The molecule has 1 aromatic rings. The van der Waals surface area contributed by atoms with Crippen LogP contribution in [0.2, 0.25) is 0 Å². The average Bonchev–Trinajstić information content (AvgIpc) is 3.52. The molecule has 0 unspecified atom stereocenters. The molecule has 9 nitrogen and oxygen atoms in total. The van der Waals surface area contributed by atoms with Gasteiger partial charge in [-0.2, -0.15) is 4.73 Å². The summed E-state index contributed by atoms with van der Waals surface area (Å²) in [5.74, 6) is -0.450. The Labute approximate surface area is 201 Å². The number of aromatic nitrogens is 1. The van der Waals surface area contributed by atoms with Crippen LogP contribution in [0, 0.1) is 11.1 Å². The molecule has 188 valence electrons. The molecule has 0 radical (unpaired) electrons. The number of nitrogens with one attached hydrogen (secondary N) is 2. The first-order valence-corrected chi connectivity index (χ1v) is 12.2. The van der Waals surface area contributed by atoms with Gasteiger partial charge in [-0.15, -0.1) is 0 Å². The molecule has 0 bridgehead atoms. The van der Waals surface area contributed by atoms with Crippen molar-refractivity contribution in [3.05, 3.63) is 35.3 Å². The molecule has 3 amide bonds. The van der Waals surface area contributed by atoms with E-state index in [4.69, 9.17) is 4.74 Å². The summed E-state index contributed by atoms with van der Waals surface area (Å²) >= 11 is 0. The third-order valence-corrected chi connectivity index (χ3v) is 6.21. The zero-order chi connectivity index (χ0) is 25.1. The van der Waals surface area contributed by atoms with Crippen molar-refractivity contribution in [1.29, 1.82) is 0 Å². The molecule has 1 aliphatic carbocycles. The predicted octanol–water partition coefficient (Wildman–Crippen LogP) is 2.75. The number of carbonyl (C=O) groups is 3. The predicted molar refractivity (Wildman–Crippen MR) is 126 cm³/mol. The van der Waals surface area contributed by atoms with Crippen molar-refractivity contribution >= 4 is 17.9 Å². The molecule has 2 heterocycles. The molecule has 1 aliphatic heterocycles. The van der Waals surface area contributed by atoms with Gasteiger partial charge in [0.05, 0.1) is 5.54 Å². The lowest BCUT2D eigenvalue weighted by atomic mass is 9.98. The molecule has 2 fully saturated rings. The van der Waals surface area contributed by atoms with Crippen LogP contribution in [0.25, 0.3) is 0 Å². The second kappa shape index (κ2) is 10.2. The summed E-state index contributed by atoms with van der Waals surface area (Å²) in [7, 11) is 0. The Hall–Kier alpha value is -2.84. The number of pyridine rings is 1. The highest BCUT2D eigenvalue weighted by Crippen LogP contribution is 2.45. The highest BCUT2D eigenvalue weighted by molar-refractivity contribution is 5.92. The van der Waals surface area contributed by atoms with Crippen molar-refractivity contribution in [2.24, 2.45) is 5.92 Å². The minimum absolute atomic E-state index is 0.167. The molecule has 1 aromatic heterocycles. The van der Waals surface area contributed by atoms with Gasteiger partial charge >= 0.3 is 6.09 Å². The summed E-state index contributed by atoms with van der Waals surface area (Å²) in [6, 6.07) is 2.08. The van der Waals surface area contributed by atoms with E-state index >= 15 is 0 Å². The summed E-state index contributed by atoms with van der Waals surface area (Å²) in [4.78, 5) is 40.8. The quantitative estimate of drug-likeness (QED) is 0.466. The summed E-state index contributed by atoms with van der Waals surface area (Å²) in [6.45, 7) is 9.81. The van der Waals surface area contributed by atoms with E-state index in [2.05, 4.69) is 10.6 Å². The van der Waals surface area contributed by atoms with Gasteiger partial charge in [0.1, 0.15) is 17.7 Å². The van der Waals surface area contributed by atoms with Gasteiger partial charge in [0, 0.05) is 18.2 Å². The zero-order valence-electron chi connectivity index (χ0n) is 20.9. The van der Waals surface area contributed by atoms with E-state index in [0.717, 1.165) is 36.0 Å². The van der Waals surface area contributed by atoms with Crippen molar-refractivity contribution in [2.45, 2.75) is 96.4 Å². The molecule has 2 aliphatic rings. The Balaban J connectivity index is 1.71. The van der Waals surface area contributed by atoms with E-state index in [-0.39, 0.29) is 17.7 Å². The van der Waals surface area contributed by atoms with Crippen LogP contribution in [-0.2, 0) is 19.9 Å². The molecule has 3 rings (SSSR count). The number of carbonyl (C=O) groups excluding carboxylic acids is 3. The number of hydrogen-bond donors (Lipinski definition) is 2. The lowest BCUT2D eigenvalue weighted by Gasteiger charge is -2.36. The molecular weight excluding hydrogens is 436 g/mol. The van der Waals surface area contributed by atoms with Crippen molar-refractivity contribution < 1.29 is 23.9 Å². The molecular formula is C25H38N4O5. The fourth-order valence-electron chi connectivity index (χ4n) is 4.39. The lowest BCUT2D eigenvalue weighted by Crippen LogP contribution is -2.57. The largest absolute Gasteiger partial charge is 0.619 e. The van der Waals surface area contributed by atoms with E-state index in [0.29, 0.717) is 19.4 Å². The molecule has 34 heavy (non-hydrogen) atoms. The van der Waals surface area contributed by atoms with Gasteiger partial charge in [-0.3, -0.25) is 14.5 Å². The van der Waals surface area contributed by atoms with Gasteiger partial charge in [0.25, 0.3) is 0 Å². The van der Waals surface area contributed by atoms with E-state index in [1.165, 1.54) is 17.3 Å². The first-order valence-electron chi connectivity index (χ1n) is 12.2. The average molecular weight is 475 g/mol. The molecule has 1 saturated carbocycles. The minimum Gasteiger partial charge on any atom is -0.619 e. The smallest absolute Gasteiger partial charge is 0.410 e.